The van der Waals surface area contributed by atoms with Gasteiger partial charge in [0.05, 0.1) is 162 Å². The van der Waals surface area contributed by atoms with E-state index in [4.69, 9.17) is 52.1 Å². The Morgan fingerprint density at radius 1 is 0.445 bits per heavy atom. The largest absolute Gasteiger partial charge is 0.435 e. The molecule has 13 N–H and O–H groups in total. The summed E-state index contributed by atoms with van der Waals surface area (Å²) in [6.45, 7) is 15.5. The number of anilines is 2. The highest BCUT2D eigenvalue weighted by molar-refractivity contribution is 6.30. The lowest BCUT2D eigenvalue weighted by atomic mass is 9.85. The zero-order valence-electron chi connectivity index (χ0n) is 82.0. The molecule has 4 aliphatic carbocycles. The molecule has 0 atom stereocenters. The van der Waals surface area contributed by atoms with Crippen molar-refractivity contribution in [2.45, 2.75) is 150 Å². The van der Waals surface area contributed by atoms with Crippen LogP contribution in [0.3, 0.4) is 0 Å². The van der Waals surface area contributed by atoms with Crippen LogP contribution in [-0.4, -0.2) is 202 Å². The van der Waals surface area contributed by atoms with Crippen LogP contribution in [0, 0.1) is 52.3 Å². The monoisotopic (exact) mass is 1980 g/mol. The Hall–Kier alpha value is -16.0. The number of morpholine rings is 1. The van der Waals surface area contributed by atoms with Gasteiger partial charge in [0, 0.05) is 133 Å². The van der Waals surface area contributed by atoms with Crippen LogP contribution in [0.4, 0.5) is 29.2 Å². The van der Waals surface area contributed by atoms with Crippen molar-refractivity contribution in [1.29, 1.82) is 0 Å². The zero-order chi connectivity index (χ0) is 99.9. The Labute approximate surface area is 838 Å². The third-order valence-electron chi connectivity index (χ3n) is 29.1. The number of nitrogens with two attached hydrogens (primary N) is 1. The highest BCUT2D eigenvalue weighted by atomic mass is 35.5. The van der Waals surface area contributed by atoms with Gasteiger partial charge in [-0.3, -0.25) is 55.7 Å². The Balaban J connectivity index is 0.000000101. The Kier molecular flexibility index (Phi) is 25.0. The molecule has 0 amide bonds. The first-order chi connectivity index (χ1) is 71.1. The maximum Gasteiger partial charge on any atom is 0.435 e. The summed E-state index contributed by atoms with van der Waals surface area (Å²) in [5.41, 5.74) is 43.7. The van der Waals surface area contributed by atoms with Gasteiger partial charge in [-0.05, 0) is 304 Å². The second-order valence-electron chi connectivity index (χ2n) is 38.6. The minimum absolute atomic E-state index is 0.121. The molecule has 27 rings (SSSR count). The number of fused-ring (bicyclic) bond motifs is 23. The number of likely N-dealkylation sites (N-methyl/N-ethyl adjacent to an activating group) is 1. The number of H-pyrrole nitrogens is 10. The maximum absolute atomic E-state index is 13.6. The molecule has 0 unspecified atom stereocenters. The van der Waals surface area contributed by atoms with E-state index in [1.807, 2.05) is 75.9 Å². The average Bonchev–Trinajstić information content (AvgIpc) is 1.53. The number of aromatic amines is 10. The molecule has 146 heavy (non-hydrogen) atoms. The van der Waals surface area contributed by atoms with Gasteiger partial charge in [-0.15, -0.1) is 0 Å². The minimum Gasteiger partial charge on any atom is -0.378 e. The van der Waals surface area contributed by atoms with Gasteiger partial charge in [0.2, 0.25) is 0 Å². The van der Waals surface area contributed by atoms with Gasteiger partial charge in [-0.25, -0.2) is 29.3 Å². The highest BCUT2D eigenvalue weighted by Gasteiger charge is 2.37. The fraction of sp³-hybridized carbons (Fsp3) is 0.303. The summed E-state index contributed by atoms with van der Waals surface area (Å²) in [7, 11) is 5.67. The number of nitrogens with zero attached hydrogens (tertiary/aromatic N) is 19. The van der Waals surface area contributed by atoms with Gasteiger partial charge >= 0.3 is 6.18 Å². The van der Waals surface area contributed by atoms with E-state index in [-0.39, 0.29) is 5.02 Å². The van der Waals surface area contributed by atoms with Crippen LogP contribution in [0.2, 0.25) is 5.02 Å². The first-order valence-electron chi connectivity index (χ1n) is 49.7. The van der Waals surface area contributed by atoms with E-state index >= 15 is 0 Å². The van der Waals surface area contributed by atoms with E-state index in [0.717, 1.165) is 305 Å². The van der Waals surface area contributed by atoms with E-state index < -0.39 is 17.7 Å². The number of hydrogen-bond donors (Lipinski definition) is 12. The molecule has 22 aromatic rings. The molecular formula is C109H106ClF4N31O. The molecule has 1 saturated heterocycles. The molecule has 6 aromatic carbocycles. The Bertz CT molecular complexity index is 8880. The Morgan fingerprint density at radius 2 is 0.890 bits per heavy atom. The van der Waals surface area contributed by atoms with E-state index in [1.165, 1.54) is 128 Å². The third kappa shape index (κ3) is 17.3. The molecular weight excluding hydrogens is 1870 g/mol. The van der Waals surface area contributed by atoms with E-state index in [9.17, 15) is 17.6 Å². The van der Waals surface area contributed by atoms with Gasteiger partial charge in [-0.1, -0.05) is 23.6 Å². The molecule has 32 nitrogen and oxygen atoms in total. The van der Waals surface area contributed by atoms with Gasteiger partial charge in [-0.2, -0.15) is 69.3 Å². The predicted octanol–water partition coefficient (Wildman–Crippen LogP) is 20.5. The molecule has 0 saturated carbocycles. The molecule has 1 aliphatic heterocycles. The summed E-state index contributed by atoms with van der Waals surface area (Å²) in [4.78, 5) is 29.7. The molecule has 17 heterocycles. The number of pyridine rings is 5. The van der Waals surface area contributed by atoms with Crippen LogP contribution >= 0.6 is 11.6 Å². The molecule has 37 heteroatoms. The average molecular weight is 1980 g/mol. The van der Waals surface area contributed by atoms with Gasteiger partial charge in [0.1, 0.15) is 17.2 Å². The standard InChI is InChI=1S/C23H20F3N7.C22H27N7.C22H24N6O.C21H15ClFN5.C21H20N6/c1-11-14(10-27-29-11)21-13-6-4-3-5-12(13)19-15(28-21)7-8-16-20(19)22(31-30-16)17-9-18(23(24,25)26)32-33(17)2;1-13-16(12-24-26-13)21-15-7-5-4-6-14(15)19-17(25-21)8-9-18-20(19)22(28-27-18)23-10-11-29(2)3;1-13-16(12-23-25-13)21-15-5-3-2-4-14(15)19-17(24-21)6-7-18-20(19)22(27-26-18)28-8-10-29-11-9-28;1-11-14(9-24-27-11)20-8-13(6-12-2-3-17(23)16(22)7-12)21-15-10-25-28-18(15)4-5-19(21)26-20;1-12-15(11-23-25-12)21-14-6-3-2-5-13(14)19-16(24-21)8-9-18-20(19)17(26-27-18)7-4-10-22/h7-10H,3-6H2,1-2H3,(H,27,29)(H,30,31);8-9,12H,4-7,10-11H2,1-3H3,(H,24,26)(H2,23,27,28);6-7,12H,2-5,8-11H2,1H3,(H,23,25)(H,26,27);2-5,7-10H,6H2,1H3,(H,24,27)(H,25,28);8-9,11H,2-3,5-6,10,22H2,1H3,(H,23,25)(H,26,27). The number of rotatable bonds is 13. The molecule has 0 radical (unpaired) electrons. The number of nitrogens with one attached hydrogen (secondary N) is 11. The quantitative estimate of drug-likeness (QED) is 0.0377. The topological polar surface area (TPSA) is 423 Å². The Morgan fingerprint density at radius 3 is 1.38 bits per heavy atom. The molecule has 5 aliphatic rings. The van der Waals surface area contributed by atoms with Crippen molar-refractivity contribution in [3.63, 3.8) is 0 Å². The van der Waals surface area contributed by atoms with Gasteiger partial charge < -0.3 is 25.6 Å². The fourth-order valence-electron chi connectivity index (χ4n) is 22.1. The summed E-state index contributed by atoms with van der Waals surface area (Å²) in [6.07, 6.45) is 24.6. The van der Waals surface area contributed by atoms with Crippen LogP contribution < -0.4 is 16.0 Å². The van der Waals surface area contributed by atoms with Crippen molar-refractivity contribution in [1.82, 2.24) is 142 Å². The van der Waals surface area contributed by atoms with Gasteiger partial charge in [0.15, 0.2) is 17.3 Å². The normalized spacial score (nSPS) is 14.2. The first-order valence-corrected chi connectivity index (χ1v) is 50.1. The van der Waals surface area contributed by atoms with Crippen molar-refractivity contribution in [2.24, 2.45) is 12.8 Å². The number of alkyl halides is 3. The van der Waals surface area contributed by atoms with E-state index in [1.54, 1.807) is 24.5 Å². The minimum atomic E-state index is -4.53. The maximum atomic E-state index is 13.6. The lowest BCUT2D eigenvalue weighted by Crippen LogP contribution is -2.36. The summed E-state index contributed by atoms with van der Waals surface area (Å²) in [5.74, 6) is 7.63. The molecule has 0 spiro atoms. The molecule has 16 aromatic heterocycles. The first kappa shape index (κ1) is 93.7. The number of ether oxygens (including phenoxy) is 1. The van der Waals surface area contributed by atoms with Crippen LogP contribution in [0.1, 0.15) is 147 Å². The van der Waals surface area contributed by atoms with Gasteiger partial charge in [0.25, 0.3) is 0 Å². The van der Waals surface area contributed by atoms with Crippen molar-refractivity contribution in [2.75, 3.05) is 70.2 Å². The summed E-state index contributed by atoms with van der Waals surface area (Å²) < 4.78 is 60.3. The summed E-state index contributed by atoms with van der Waals surface area (Å²) >= 11 is 5.99. The fourth-order valence-corrected chi connectivity index (χ4v) is 22.3. The van der Waals surface area contributed by atoms with Crippen LogP contribution in [-0.2, 0) is 75.7 Å². The number of aryl methyl sites for hydroxylation is 10. The number of hydrogen-bond acceptors (Lipinski definition) is 21. The van der Waals surface area contributed by atoms with Crippen LogP contribution in [0.15, 0.2) is 128 Å². The number of aromatic nitrogens is 27. The van der Waals surface area contributed by atoms with Crippen LogP contribution in [0.5, 0.6) is 0 Å². The second kappa shape index (κ2) is 38.9. The number of halogens is 5. The smallest absolute Gasteiger partial charge is 0.378 e. The van der Waals surface area contributed by atoms with E-state index in [0.29, 0.717) is 24.4 Å². The zero-order valence-corrected chi connectivity index (χ0v) is 82.7. The highest BCUT2D eigenvalue weighted by Crippen LogP contribution is 2.48. The van der Waals surface area contributed by atoms with Crippen molar-refractivity contribution in [3.8, 4) is 79.5 Å². The van der Waals surface area contributed by atoms with Crippen molar-refractivity contribution < 1.29 is 22.3 Å². The second-order valence-corrected chi connectivity index (χ2v) is 39.0. The SMILES string of the molecule is Cc1[nH]ncc1-c1cc(Cc2ccc(F)c(Cl)c2)c2c(ccc3[nH]ncc32)n1.Cc1[nH]ncc1-c1nc2ccc3[nH]nc(-c4cc(C(F)(F)F)nn4C)c3c2c2c1CCCC2.Cc1[nH]ncc1-c1nc2ccc3[nH]nc(N4CCOCC4)c3c2c2c1CCCC2.Cc1[nH]ncc1-c1nc2ccc3[nH]nc(NCCN(C)C)c3c2c2c1CCCC2.Cc1[nH]ncc1-c1nc2ccc3n[nH]c(C#CCN)c3c2c2c1CCCC2. The number of benzene rings is 6. The van der Waals surface area contributed by atoms with Crippen molar-refractivity contribution in [3.05, 3.63) is 235 Å². The molecule has 0 bridgehead atoms. The van der Waals surface area contributed by atoms with Crippen LogP contribution in [0.25, 0.3) is 177 Å². The summed E-state index contributed by atoms with van der Waals surface area (Å²) in [5, 5.41) is 92.2. The molecule has 738 valence electrons. The summed E-state index contributed by atoms with van der Waals surface area (Å²) in [6, 6.07) is 28.2. The van der Waals surface area contributed by atoms with Crippen molar-refractivity contribution >= 4 is 132 Å². The predicted molar refractivity (Wildman–Crippen MR) is 563 cm³/mol. The molecule has 1 fully saturated rings. The lowest BCUT2D eigenvalue weighted by Gasteiger charge is -2.27. The lowest BCUT2D eigenvalue weighted by molar-refractivity contribution is -0.141. The van der Waals surface area contributed by atoms with E-state index in [2.05, 4.69) is 193 Å². The third-order valence-corrected chi connectivity index (χ3v) is 29.4.